The van der Waals surface area contributed by atoms with E-state index in [0.29, 0.717) is 70.0 Å². The predicted octanol–water partition coefficient (Wildman–Crippen LogP) is 5.88. The number of unbranched alkanes of at least 4 members (excludes halogenated alkanes) is 1. The van der Waals surface area contributed by atoms with Crippen molar-refractivity contribution in [3.8, 4) is 5.75 Å². The van der Waals surface area contributed by atoms with Crippen LogP contribution in [-0.2, 0) is 33.5 Å². The van der Waals surface area contributed by atoms with E-state index in [1.54, 1.807) is 18.1 Å². The molecule has 2 amide bonds. The number of primary amides is 1. The Morgan fingerprint density at radius 1 is 1.00 bits per heavy atom. The minimum absolute atomic E-state index is 0.0131. The number of hydrogen-bond donors (Lipinski definition) is 2. The number of alkyl halides is 3. The summed E-state index contributed by atoms with van der Waals surface area (Å²) in [5, 5.41) is 3.16. The van der Waals surface area contributed by atoms with Gasteiger partial charge in [-0.2, -0.15) is 13.2 Å². The Morgan fingerprint density at radius 3 is 2.49 bits per heavy atom. The van der Waals surface area contributed by atoms with E-state index in [4.69, 9.17) is 15.2 Å². The number of benzene rings is 2. The molecule has 1 unspecified atom stereocenters. The summed E-state index contributed by atoms with van der Waals surface area (Å²) in [7, 11) is 1.60. The van der Waals surface area contributed by atoms with Crippen LogP contribution >= 0.6 is 0 Å². The molecule has 43 heavy (non-hydrogen) atoms. The van der Waals surface area contributed by atoms with Crippen LogP contribution in [0.2, 0.25) is 0 Å². The molecule has 3 N–H and O–H groups in total. The van der Waals surface area contributed by atoms with Crippen LogP contribution in [0, 0.1) is 11.7 Å². The van der Waals surface area contributed by atoms with Crippen molar-refractivity contribution in [3.63, 3.8) is 0 Å². The van der Waals surface area contributed by atoms with E-state index in [2.05, 4.69) is 5.32 Å². The summed E-state index contributed by atoms with van der Waals surface area (Å²) in [5.41, 5.74) is 5.88. The number of methoxy groups -OCH3 is 1. The van der Waals surface area contributed by atoms with Crippen molar-refractivity contribution in [2.45, 2.75) is 71.0 Å². The van der Waals surface area contributed by atoms with Crippen LogP contribution in [0.3, 0.4) is 0 Å². The maximum atomic E-state index is 14.3. The number of rotatable bonds is 21. The second-order valence-corrected chi connectivity index (χ2v) is 10.7. The van der Waals surface area contributed by atoms with Crippen LogP contribution in [0.5, 0.6) is 5.75 Å². The summed E-state index contributed by atoms with van der Waals surface area (Å²) < 4.78 is 64.3. The third-order valence-electron chi connectivity index (χ3n) is 6.94. The Hall–Kier alpha value is -3.18. The molecule has 0 heterocycles. The molecule has 11 heteroatoms. The zero-order chi connectivity index (χ0) is 31.7. The summed E-state index contributed by atoms with van der Waals surface area (Å²) in [6.07, 6.45) is 0.147. The molecule has 0 aliphatic heterocycles. The molecule has 0 aliphatic rings. The van der Waals surface area contributed by atoms with Gasteiger partial charge in [0.1, 0.15) is 11.6 Å². The van der Waals surface area contributed by atoms with Crippen molar-refractivity contribution in [1.82, 2.24) is 10.2 Å². The fourth-order valence-corrected chi connectivity index (χ4v) is 4.72. The summed E-state index contributed by atoms with van der Waals surface area (Å²) in [4.78, 5) is 25.4. The average Bonchev–Trinajstić information content (AvgIpc) is 2.94. The quantitative estimate of drug-likeness (QED) is 0.136. The Labute approximate surface area is 252 Å². The normalized spacial score (nSPS) is 12.2. The van der Waals surface area contributed by atoms with Gasteiger partial charge in [-0.15, -0.1) is 0 Å². The number of carbonyl (C=O) groups excluding carboxylic acids is 2. The lowest BCUT2D eigenvalue weighted by molar-refractivity contribution is -0.137. The number of halogens is 4. The van der Waals surface area contributed by atoms with E-state index in [1.807, 2.05) is 13.0 Å². The summed E-state index contributed by atoms with van der Waals surface area (Å²) in [6.45, 7) is 4.82. The predicted molar refractivity (Wildman–Crippen MR) is 158 cm³/mol. The highest BCUT2D eigenvalue weighted by Crippen LogP contribution is 2.29. The summed E-state index contributed by atoms with van der Waals surface area (Å²) in [5.74, 6) is -0.420. The lowest BCUT2D eigenvalue weighted by Crippen LogP contribution is -2.34. The fraction of sp³-hybridized carbons (Fsp3) is 0.562. The first-order valence-electron chi connectivity index (χ1n) is 14.9. The van der Waals surface area contributed by atoms with Gasteiger partial charge in [0, 0.05) is 51.6 Å². The maximum Gasteiger partial charge on any atom is 0.416 e. The number of nitrogens with two attached hydrogens (primary N) is 1. The summed E-state index contributed by atoms with van der Waals surface area (Å²) in [6, 6.07) is 9.89. The van der Waals surface area contributed by atoms with Crippen molar-refractivity contribution in [2.75, 3.05) is 40.0 Å². The lowest BCUT2D eigenvalue weighted by Gasteiger charge is -2.25. The molecular weight excluding hydrogens is 566 g/mol. The molecular formula is C32H45F4N3O4. The standard InChI is InChI=1S/C32H45F4N3O4/c1-3-15-39(31(41)12-7-11-30(37)40)16-13-26(22-42-2)23-43-29-19-24(18-28(33)20-29)8-4-5-14-38-21-25-9-6-10-27(17-25)32(34,35)36/h6,9-10,17-20,26,38H,3-5,7-8,11-16,21-23H2,1-2H3,(H2,37,40). The highest BCUT2D eigenvalue weighted by atomic mass is 19.4. The average molecular weight is 612 g/mol. The van der Waals surface area contributed by atoms with Crippen LogP contribution in [0.1, 0.15) is 68.6 Å². The number of nitrogens with one attached hydrogen (secondary N) is 1. The first-order chi connectivity index (χ1) is 20.5. The largest absolute Gasteiger partial charge is 0.493 e. The van der Waals surface area contributed by atoms with Crippen LogP contribution in [0.15, 0.2) is 42.5 Å². The van der Waals surface area contributed by atoms with Crippen molar-refractivity contribution >= 4 is 11.8 Å². The van der Waals surface area contributed by atoms with Gasteiger partial charge >= 0.3 is 6.18 Å². The Kier molecular flexibility index (Phi) is 16.1. The molecule has 0 radical (unpaired) electrons. The number of carbonyl (C=O) groups is 2. The SMILES string of the molecule is CCCN(CCC(COC)COc1cc(F)cc(CCCCNCc2cccc(C(F)(F)F)c2)c1)C(=O)CCCC(N)=O. The molecule has 0 bridgehead atoms. The highest BCUT2D eigenvalue weighted by molar-refractivity contribution is 5.78. The number of ether oxygens (including phenoxy) is 2. The van der Waals surface area contributed by atoms with Gasteiger partial charge in [0.2, 0.25) is 11.8 Å². The van der Waals surface area contributed by atoms with Crippen molar-refractivity contribution < 1.29 is 36.6 Å². The van der Waals surface area contributed by atoms with E-state index < -0.39 is 23.5 Å². The number of aryl methyl sites for hydroxylation is 1. The molecule has 1 atom stereocenters. The van der Waals surface area contributed by atoms with Crippen molar-refractivity contribution in [2.24, 2.45) is 11.7 Å². The number of amides is 2. The van der Waals surface area contributed by atoms with Crippen LogP contribution in [0.25, 0.3) is 0 Å². The topological polar surface area (TPSA) is 93.9 Å². The van der Waals surface area contributed by atoms with Crippen LogP contribution < -0.4 is 15.8 Å². The molecule has 0 saturated carbocycles. The maximum absolute atomic E-state index is 14.3. The third-order valence-corrected chi connectivity index (χ3v) is 6.94. The minimum atomic E-state index is -4.36. The van der Waals surface area contributed by atoms with Gasteiger partial charge in [0.05, 0.1) is 18.8 Å². The first kappa shape index (κ1) is 36.0. The fourth-order valence-electron chi connectivity index (χ4n) is 4.72. The molecule has 0 aromatic heterocycles. The minimum Gasteiger partial charge on any atom is -0.493 e. The van der Waals surface area contributed by atoms with Gasteiger partial charge < -0.3 is 25.4 Å². The zero-order valence-electron chi connectivity index (χ0n) is 25.2. The van der Waals surface area contributed by atoms with E-state index >= 15 is 0 Å². The van der Waals surface area contributed by atoms with Crippen molar-refractivity contribution in [3.05, 3.63) is 65.0 Å². The van der Waals surface area contributed by atoms with E-state index in [1.165, 1.54) is 18.2 Å². The second kappa shape index (κ2) is 19.2. The Bertz CT molecular complexity index is 1130. The van der Waals surface area contributed by atoms with Gasteiger partial charge in [-0.25, -0.2) is 4.39 Å². The molecule has 2 rings (SSSR count). The molecule has 7 nitrogen and oxygen atoms in total. The van der Waals surface area contributed by atoms with E-state index in [0.717, 1.165) is 37.0 Å². The molecule has 0 spiro atoms. The van der Waals surface area contributed by atoms with Gasteiger partial charge in [-0.1, -0.05) is 25.1 Å². The van der Waals surface area contributed by atoms with Gasteiger partial charge in [-0.05, 0) is 74.4 Å². The third kappa shape index (κ3) is 14.7. The monoisotopic (exact) mass is 611 g/mol. The smallest absolute Gasteiger partial charge is 0.416 e. The molecule has 2 aromatic rings. The second-order valence-electron chi connectivity index (χ2n) is 10.7. The number of hydrogen-bond acceptors (Lipinski definition) is 5. The van der Waals surface area contributed by atoms with Gasteiger partial charge in [0.15, 0.2) is 0 Å². The van der Waals surface area contributed by atoms with Gasteiger partial charge in [0.25, 0.3) is 0 Å². The van der Waals surface area contributed by atoms with E-state index in [9.17, 15) is 27.2 Å². The van der Waals surface area contributed by atoms with Crippen LogP contribution in [-0.4, -0.2) is 56.7 Å². The van der Waals surface area contributed by atoms with Crippen LogP contribution in [0.4, 0.5) is 17.6 Å². The van der Waals surface area contributed by atoms with Crippen molar-refractivity contribution in [1.29, 1.82) is 0 Å². The molecule has 0 fully saturated rings. The molecule has 240 valence electrons. The van der Waals surface area contributed by atoms with E-state index in [-0.39, 0.29) is 24.7 Å². The molecule has 0 aliphatic carbocycles. The lowest BCUT2D eigenvalue weighted by atomic mass is 10.1. The molecule has 0 saturated heterocycles. The van der Waals surface area contributed by atoms with Gasteiger partial charge in [-0.3, -0.25) is 9.59 Å². The first-order valence-corrected chi connectivity index (χ1v) is 14.9. The number of nitrogens with zero attached hydrogens (tertiary/aromatic N) is 1. The molecule has 2 aromatic carbocycles. The highest BCUT2D eigenvalue weighted by Gasteiger charge is 2.30. The Morgan fingerprint density at radius 2 is 1.79 bits per heavy atom. The summed E-state index contributed by atoms with van der Waals surface area (Å²) >= 11 is 0. The zero-order valence-corrected chi connectivity index (χ0v) is 25.2. The Balaban J connectivity index is 1.80.